The van der Waals surface area contributed by atoms with E-state index < -0.39 is 0 Å². The fourth-order valence-electron chi connectivity index (χ4n) is 2.90. The predicted octanol–water partition coefficient (Wildman–Crippen LogP) is 5.15. The highest BCUT2D eigenvalue weighted by atomic mass is 14.9. The summed E-state index contributed by atoms with van der Waals surface area (Å²) in [5.41, 5.74) is 2.88. The summed E-state index contributed by atoms with van der Waals surface area (Å²) in [5, 5.41) is 3.65. The van der Waals surface area contributed by atoms with Crippen molar-refractivity contribution in [3.63, 3.8) is 0 Å². The molecule has 1 N–H and O–H groups in total. The third kappa shape index (κ3) is 6.56. The number of benzene rings is 1. The van der Waals surface area contributed by atoms with Crippen LogP contribution < -0.4 is 5.32 Å². The van der Waals surface area contributed by atoms with Crippen molar-refractivity contribution >= 4 is 0 Å². The van der Waals surface area contributed by atoms with Gasteiger partial charge in [0.05, 0.1) is 0 Å². The first-order valence-corrected chi connectivity index (χ1v) is 8.30. The van der Waals surface area contributed by atoms with Crippen LogP contribution in [0, 0.1) is 18.8 Å². The Morgan fingerprint density at radius 3 is 2.45 bits per heavy atom. The van der Waals surface area contributed by atoms with E-state index in [0.717, 1.165) is 24.9 Å². The second kappa shape index (κ2) is 9.18. The SMILES string of the molecule is CCCC(C)CC(CNCC(C)C)c1cccc(C)c1. The summed E-state index contributed by atoms with van der Waals surface area (Å²) in [7, 11) is 0. The zero-order chi connectivity index (χ0) is 15.0. The first-order valence-electron chi connectivity index (χ1n) is 8.30. The molecule has 0 spiro atoms. The normalized spacial score (nSPS) is 14.5. The van der Waals surface area contributed by atoms with E-state index in [4.69, 9.17) is 0 Å². The first kappa shape index (κ1) is 17.2. The second-order valence-electron chi connectivity index (χ2n) is 6.79. The van der Waals surface area contributed by atoms with Gasteiger partial charge in [-0.15, -0.1) is 0 Å². The molecule has 2 atom stereocenters. The Bertz CT molecular complexity index is 370. The van der Waals surface area contributed by atoms with Crippen LogP contribution in [0.15, 0.2) is 24.3 Å². The third-order valence-corrected chi connectivity index (χ3v) is 3.93. The number of hydrogen-bond acceptors (Lipinski definition) is 1. The Morgan fingerprint density at radius 1 is 1.10 bits per heavy atom. The molecular formula is C19H33N. The van der Waals surface area contributed by atoms with Crippen LogP contribution in [0.3, 0.4) is 0 Å². The van der Waals surface area contributed by atoms with Crippen LogP contribution in [-0.2, 0) is 0 Å². The summed E-state index contributed by atoms with van der Waals surface area (Å²) in [6.07, 6.45) is 3.93. The van der Waals surface area contributed by atoms with Crippen LogP contribution >= 0.6 is 0 Å². The van der Waals surface area contributed by atoms with Gasteiger partial charge in [0.15, 0.2) is 0 Å². The third-order valence-electron chi connectivity index (χ3n) is 3.93. The van der Waals surface area contributed by atoms with Gasteiger partial charge in [0.2, 0.25) is 0 Å². The lowest BCUT2D eigenvalue weighted by molar-refractivity contribution is 0.412. The van der Waals surface area contributed by atoms with Crippen molar-refractivity contribution in [3.05, 3.63) is 35.4 Å². The van der Waals surface area contributed by atoms with Crippen LogP contribution in [0.25, 0.3) is 0 Å². The largest absolute Gasteiger partial charge is 0.316 e. The van der Waals surface area contributed by atoms with Crippen molar-refractivity contribution in [1.82, 2.24) is 5.32 Å². The highest BCUT2D eigenvalue weighted by Gasteiger charge is 2.15. The van der Waals surface area contributed by atoms with Gasteiger partial charge in [-0.05, 0) is 43.2 Å². The minimum absolute atomic E-state index is 0.648. The minimum Gasteiger partial charge on any atom is -0.316 e. The Labute approximate surface area is 126 Å². The maximum absolute atomic E-state index is 3.65. The molecule has 1 nitrogen and oxygen atoms in total. The van der Waals surface area contributed by atoms with Gasteiger partial charge in [-0.1, -0.05) is 70.4 Å². The molecule has 0 fully saturated rings. The van der Waals surface area contributed by atoms with E-state index in [0.29, 0.717) is 5.92 Å². The highest BCUT2D eigenvalue weighted by Crippen LogP contribution is 2.26. The number of aryl methyl sites for hydroxylation is 1. The molecule has 114 valence electrons. The smallest absolute Gasteiger partial charge is 0.00203 e. The molecule has 1 aromatic carbocycles. The van der Waals surface area contributed by atoms with Crippen LogP contribution in [0.1, 0.15) is 64.0 Å². The van der Waals surface area contributed by atoms with Crippen molar-refractivity contribution in [1.29, 1.82) is 0 Å². The average molecular weight is 275 g/mol. The van der Waals surface area contributed by atoms with Crippen molar-refractivity contribution in [3.8, 4) is 0 Å². The lowest BCUT2D eigenvalue weighted by Crippen LogP contribution is -2.26. The topological polar surface area (TPSA) is 12.0 Å². The lowest BCUT2D eigenvalue weighted by atomic mass is 9.87. The Balaban J connectivity index is 2.67. The quantitative estimate of drug-likeness (QED) is 0.657. The van der Waals surface area contributed by atoms with Crippen molar-refractivity contribution in [2.24, 2.45) is 11.8 Å². The molecule has 1 aromatic rings. The monoisotopic (exact) mass is 275 g/mol. The second-order valence-corrected chi connectivity index (χ2v) is 6.79. The van der Waals surface area contributed by atoms with Crippen LogP contribution in [-0.4, -0.2) is 13.1 Å². The molecule has 0 aliphatic carbocycles. The molecule has 0 bridgehead atoms. The molecule has 0 aliphatic rings. The summed E-state index contributed by atoms with van der Waals surface area (Å²) in [6, 6.07) is 9.05. The van der Waals surface area contributed by atoms with Crippen molar-refractivity contribution in [2.75, 3.05) is 13.1 Å². The van der Waals surface area contributed by atoms with Crippen LogP contribution in [0.4, 0.5) is 0 Å². The summed E-state index contributed by atoms with van der Waals surface area (Å²) in [6.45, 7) is 13.6. The van der Waals surface area contributed by atoms with E-state index in [1.807, 2.05) is 0 Å². The van der Waals surface area contributed by atoms with E-state index in [1.165, 1.54) is 30.4 Å². The minimum atomic E-state index is 0.648. The standard InChI is InChI=1S/C19H33N/c1-6-8-16(4)12-19(14-20-13-15(2)3)18-10-7-9-17(5)11-18/h7,9-11,15-16,19-20H,6,8,12-14H2,1-5H3. The highest BCUT2D eigenvalue weighted by molar-refractivity contribution is 5.25. The molecular weight excluding hydrogens is 242 g/mol. The maximum atomic E-state index is 3.65. The molecule has 0 saturated heterocycles. The van der Waals surface area contributed by atoms with Gasteiger partial charge in [-0.2, -0.15) is 0 Å². The lowest BCUT2D eigenvalue weighted by Gasteiger charge is -2.23. The summed E-state index contributed by atoms with van der Waals surface area (Å²) in [4.78, 5) is 0. The Morgan fingerprint density at radius 2 is 1.85 bits per heavy atom. The van der Waals surface area contributed by atoms with E-state index in [9.17, 15) is 0 Å². The molecule has 0 radical (unpaired) electrons. The van der Waals surface area contributed by atoms with Gasteiger partial charge in [0.25, 0.3) is 0 Å². The zero-order valence-electron chi connectivity index (χ0n) is 14.1. The molecule has 1 heteroatoms. The number of nitrogens with one attached hydrogen (secondary N) is 1. The fourth-order valence-corrected chi connectivity index (χ4v) is 2.90. The molecule has 0 heterocycles. The van der Waals surface area contributed by atoms with E-state index >= 15 is 0 Å². The van der Waals surface area contributed by atoms with E-state index in [-0.39, 0.29) is 0 Å². The van der Waals surface area contributed by atoms with E-state index in [2.05, 4.69) is 64.2 Å². The predicted molar refractivity (Wildman–Crippen MR) is 90.3 cm³/mol. The van der Waals surface area contributed by atoms with Crippen molar-refractivity contribution in [2.45, 2.75) is 59.8 Å². The molecule has 0 amide bonds. The van der Waals surface area contributed by atoms with Gasteiger partial charge in [-0.25, -0.2) is 0 Å². The van der Waals surface area contributed by atoms with Crippen molar-refractivity contribution < 1.29 is 0 Å². The molecule has 0 saturated carbocycles. The summed E-state index contributed by atoms with van der Waals surface area (Å²) < 4.78 is 0. The summed E-state index contributed by atoms with van der Waals surface area (Å²) in [5.74, 6) is 2.18. The average Bonchev–Trinajstić information content (AvgIpc) is 2.37. The van der Waals surface area contributed by atoms with Crippen LogP contribution in [0.2, 0.25) is 0 Å². The van der Waals surface area contributed by atoms with Gasteiger partial charge in [0, 0.05) is 6.54 Å². The molecule has 2 unspecified atom stereocenters. The fraction of sp³-hybridized carbons (Fsp3) is 0.684. The Hall–Kier alpha value is -0.820. The van der Waals surface area contributed by atoms with E-state index in [1.54, 1.807) is 0 Å². The zero-order valence-corrected chi connectivity index (χ0v) is 14.1. The molecule has 0 aliphatic heterocycles. The summed E-state index contributed by atoms with van der Waals surface area (Å²) >= 11 is 0. The first-order chi connectivity index (χ1) is 9.52. The van der Waals surface area contributed by atoms with Gasteiger partial charge in [0.1, 0.15) is 0 Å². The maximum Gasteiger partial charge on any atom is 0.00203 e. The van der Waals surface area contributed by atoms with Gasteiger partial charge >= 0.3 is 0 Å². The Kier molecular flexibility index (Phi) is 7.91. The molecule has 20 heavy (non-hydrogen) atoms. The van der Waals surface area contributed by atoms with Gasteiger partial charge in [-0.3, -0.25) is 0 Å². The van der Waals surface area contributed by atoms with Crippen LogP contribution in [0.5, 0.6) is 0 Å². The number of hydrogen-bond donors (Lipinski definition) is 1. The molecule has 1 rings (SSSR count). The molecule has 0 aromatic heterocycles. The van der Waals surface area contributed by atoms with Gasteiger partial charge < -0.3 is 5.32 Å². The number of rotatable bonds is 9.